The normalized spacial score (nSPS) is 10.9. The number of pyridine rings is 1. The van der Waals surface area contributed by atoms with Crippen LogP contribution < -0.4 is 0 Å². The predicted molar refractivity (Wildman–Crippen MR) is 107 cm³/mol. The fourth-order valence-corrected chi connectivity index (χ4v) is 3.04. The minimum atomic E-state index is -0.669. The Morgan fingerprint density at radius 3 is 2.69 bits per heavy atom. The molecule has 8 heteroatoms. The van der Waals surface area contributed by atoms with Crippen molar-refractivity contribution >= 4 is 17.6 Å². The van der Waals surface area contributed by atoms with E-state index in [9.17, 15) is 4.79 Å². The van der Waals surface area contributed by atoms with E-state index < -0.39 is 5.97 Å². The van der Waals surface area contributed by atoms with Gasteiger partial charge in [0.2, 0.25) is 5.89 Å². The molecule has 4 rings (SSSR count). The highest BCUT2D eigenvalue weighted by molar-refractivity contribution is 6.33. The summed E-state index contributed by atoms with van der Waals surface area (Å²) in [5.41, 5.74) is 2.64. The summed E-state index contributed by atoms with van der Waals surface area (Å²) < 4.78 is 12.6. The summed E-state index contributed by atoms with van der Waals surface area (Å²) in [5, 5.41) is 4.56. The molecule has 0 N–H and O–H groups in total. The number of aromatic nitrogens is 4. The molecule has 3 heterocycles. The van der Waals surface area contributed by atoms with E-state index in [4.69, 9.17) is 20.8 Å². The van der Waals surface area contributed by atoms with Crippen molar-refractivity contribution in [3.05, 3.63) is 82.7 Å². The van der Waals surface area contributed by atoms with Gasteiger partial charge in [0.1, 0.15) is 0 Å². The zero-order valence-electron chi connectivity index (χ0n) is 15.8. The molecule has 4 aromatic rings. The molecular weight excluding hydrogens is 392 g/mol. The van der Waals surface area contributed by atoms with Gasteiger partial charge < -0.3 is 9.15 Å². The van der Waals surface area contributed by atoms with E-state index in [1.54, 1.807) is 23.0 Å². The number of hydrogen-bond donors (Lipinski definition) is 0. The van der Waals surface area contributed by atoms with Crippen LogP contribution in [0.2, 0.25) is 5.02 Å². The van der Waals surface area contributed by atoms with Crippen molar-refractivity contribution < 1.29 is 13.9 Å². The Kier molecular flexibility index (Phi) is 5.14. The quantitative estimate of drug-likeness (QED) is 0.450. The van der Waals surface area contributed by atoms with E-state index in [-0.39, 0.29) is 23.2 Å². The number of oxazole rings is 1. The third kappa shape index (κ3) is 4.05. The van der Waals surface area contributed by atoms with E-state index in [0.717, 1.165) is 17.0 Å². The summed E-state index contributed by atoms with van der Waals surface area (Å²) in [5.74, 6) is 0.689. The first kappa shape index (κ1) is 18.9. The van der Waals surface area contributed by atoms with E-state index in [1.165, 1.54) is 0 Å². The predicted octanol–water partition coefficient (Wildman–Crippen LogP) is 4.55. The van der Waals surface area contributed by atoms with Crippen LogP contribution in [-0.2, 0) is 11.3 Å². The summed E-state index contributed by atoms with van der Waals surface area (Å²) in [6.07, 6.45) is 1.59. The van der Waals surface area contributed by atoms with Gasteiger partial charge in [-0.2, -0.15) is 5.10 Å². The molecule has 0 aliphatic heterocycles. The molecule has 0 aliphatic carbocycles. The van der Waals surface area contributed by atoms with Crippen molar-refractivity contribution in [2.45, 2.75) is 20.5 Å². The second kappa shape index (κ2) is 7.89. The van der Waals surface area contributed by atoms with Gasteiger partial charge >= 0.3 is 5.97 Å². The van der Waals surface area contributed by atoms with Crippen LogP contribution in [0.1, 0.15) is 27.8 Å². The first-order valence-corrected chi connectivity index (χ1v) is 9.26. The molecule has 0 radical (unpaired) electrons. The molecule has 0 fully saturated rings. The Morgan fingerprint density at radius 2 is 1.97 bits per heavy atom. The third-order valence-electron chi connectivity index (χ3n) is 4.19. The summed E-state index contributed by atoms with van der Waals surface area (Å²) >= 11 is 6.16. The number of carbonyl (C=O) groups is 1. The standard InChI is InChI=1S/C21H17ClN4O3/c1-13-10-14(2)26(25-13)18-9-8-16(22)20(24-18)21(27)28-12-19-23-11-17(29-19)15-6-4-3-5-7-15/h3-11H,12H2,1-2H3. The molecule has 0 amide bonds. The van der Waals surface area contributed by atoms with Crippen molar-refractivity contribution in [3.63, 3.8) is 0 Å². The minimum Gasteiger partial charge on any atom is -0.451 e. The molecule has 0 saturated carbocycles. The maximum Gasteiger partial charge on any atom is 0.359 e. The zero-order chi connectivity index (χ0) is 20.4. The number of benzene rings is 1. The summed E-state index contributed by atoms with van der Waals surface area (Å²) in [6, 6.07) is 14.7. The maximum atomic E-state index is 12.5. The lowest BCUT2D eigenvalue weighted by Gasteiger charge is -2.08. The largest absolute Gasteiger partial charge is 0.451 e. The molecule has 0 bridgehead atoms. The number of hydrogen-bond acceptors (Lipinski definition) is 6. The van der Waals surface area contributed by atoms with E-state index in [0.29, 0.717) is 11.6 Å². The van der Waals surface area contributed by atoms with Crippen LogP contribution in [0, 0.1) is 13.8 Å². The molecule has 1 aromatic carbocycles. The number of rotatable bonds is 5. The van der Waals surface area contributed by atoms with Crippen LogP contribution in [0.5, 0.6) is 0 Å². The Balaban J connectivity index is 1.50. The SMILES string of the molecule is Cc1cc(C)n(-c2ccc(Cl)c(C(=O)OCc3ncc(-c4ccccc4)o3)n2)n1. The van der Waals surface area contributed by atoms with Gasteiger partial charge in [-0.25, -0.2) is 19.4 Å². The van der Waals surface area contributed by atoms with E-state index in [1.807, 2.05) is 50.2 Å². The van der Waals surface area contributed by atoms with Gasteiger partial charge in [-0.05, 0) is 32.0 Å². The zero-order valence-corrected chi connectivity index (χ0v) is 16.6. The number of halogens is 1. The maximum absolute atomic E-state index is 12.5. The molecule has 0 aliphatic rings. The molecule has 29 heavy (non-hydrogen) atoms. The topological polar surface area (TPSA) is 83.0 Å². The number of nitrogens with zero attached hydrogens (tertiary/aromatic N) is 4. The first-order chi connectivity index (χ1) is 14.0. The second-order valence-electron chi connectivity index (χ2n) is 6.40. The molecular formula is C21H17ClN4O3. The van der Waals surface area contributed by atoms with Crippen LogP contribution >= 0.6 is 11.6 Å². The fourth-order valence-electron chi connectivity index (χ4n) is 2.86. The van der Waals surface area contributed by atoms with Gasteiger partial charge in [-0.1, -0.05) is 41.9 Å². The van der Waals surface area contributed by atoms with Crippen LogP contribution in [-0.4, -0.2) is 25.7 Å². The number of esters is 1. The molecule has 146 valence electrons. The lowest BCUT2D eigenvalue weighted by Crippen LogP contribution is -2.11. The number of ether oxygens (including phenoxy) is 1. The highest BCUT2D eigenvalue weighted by Gasteiger charge is 2.18. The Bertz CT molecular complexity index is 1170. The fraction of sp³-hybridized carbons (Fsp3) is 0.143. The van der Waals surface area contributed by atoms with Crippen molar-refractivity contribution in [2.75, 3.05) is 0 Å². The monoisotopic (exact) mass is 408 g/mol. The van der Waals surface area contributed by atoms with Crippen molar-refractivity contribution in [2.24, 2.45) is 0 Å². The summed E-state index contributed by atoms with van der Waals surface area (Å²) in [4.78, 5) is 21.0. The molecule has 3 aromatic heterocycles. The minimum absolute atomic E-state index is 0.00607. The molecule has 0 saturated heterocycles. The van der Waals surface area contributed by atoms with Crippen molar-refractivity contribution in [3.8, 4) is 17.1 Å². The van der Waals surface area contributed by atoms with E-state index >= 15 is 0 Å². The highest BCUT2D eigenvalue weighted by atomic mass is 35.5. The van der Waals surface area contributed by atoms with Gasteiger partial charge in [-0.3, -0.25) is 0 Å². The van der Waals surface area contributed by atoms with Gasteiger partial charge in [0, 0.05) is 11.3 Å². The molecule has 0 atom stereocenters. The van der Waals surface area contributed by atoms with Gasteiger partial charge in [-0.15, -0.1) is 0 Å². The second-order valence-corrected chi connectivity index (χ2v) is 6.81. The van der Waals surface area contributed by atoms with Crippen LogP contribution in [0.4, 0.5) is 0 Å². The first-order valence-electron chi connectivity index (χ1n) is 8.88. The van der Waals surface area contributed by atoms with Gasteiger partial charge in [0.15, 0.2) is 23.9 Å². The molecule has 0 spiro atoms. The summed E-state index contributed by atoms with van der Waals surface area (Å²) in [6.45, 7) is 3.66. The van der Waals surface area contributed by atoms with Gasteiger partial charge in [0.25, 0.3) is 0 Å². The lowest BCUT2D eigenvalue weighted by atomic mass is 10.2. The summed E-state index contributed by atoms with van der Waals surface area (Å²) in [7, 11) is 0. The Labute approximate surface area is 171 Å². The third-order valence-corrected chi connectivity index (χ3v) is 4.49. The van der Waals surface area contributed by atoms with Crippen molar-refractivity contribution in [1.29, 1.82) is 0 Å². The molecule has 0 unspecified atom stereocenters. The van der Waals surface area contributed by atoms with Crippen LogP contribution in [0.25, 0.3) is 17.1 Å². The lowest BCUT2D eigenvalue weighted by molar-refractivity contribution is 0.0432. The van der Waals surface area contributed by atoms with Crippen LogP contribution in [0.15, 0.2) is 59.1 Å². The van der Waals surface area contributed by atoms with Crippen molar-refractivity contribution in [1.82, 2.24) is 19.7 Å². The smallest absolute Gasteiger partial charge is 0.359 e. The highest BCUT2D eigenvalue weighted by Crippen LogP contribution is 2.21. The molecule has 7 nitrogen and oxygen atoms in total. The average molecular weight is 409 g/mol. The van der Waals surface area contributed by atoms with E-state index in [2.05, 4.69) is 15.1 Å². The average Bonchev–Trinajstić information content (AvgIpc) is 3.33. The Hall–Kier alpha value is -3.45. The van der Waals surface area contributed by atoms with Crippen LogP contribution in [0.3, 0.4) is 0 Å². The van der Waals surface area contributed by atoms with Gasteiger partial charge in [0.05, 0.1) is 16.9 Å². The number of aryl methyl sites for hydroxylation is 2. The number of carbonyl (C=O) groups excluding carboxylic acids is 1. The Morgan fingerprint density at radius 1 is 1.17 bits per heavy atom.